The molecule has 0 amide bonds. The summed E-state index contributed by atoms with van der Waals surface area (Å²) in [7, 11) is 0. The minimum atomic E-state index is -0.404. The third-order valence-electron chi connectivity index (χ3n) is 3.08. The number of hydrogen-bond donors (Lipinski definition) is 1. The number of halogens is 3. The first kappa shape index (κ1) is 18.1. The Balaban J connectivity index is 2.08. The summed E-state index contributed by atoms with van der Waals surface area (Å²) in [6.45, 7) is -0.0769. The van der Waals surface area contributed by atoms with Crippen LogP contribution < -0.4 is 10.1 Å². The third-order valence-corrected chi connectivity index (χ3v) is 3.51. The number of allylic oxidation sites excluding steroid dienone is 1. The van der Waals surface area contributed by atoms with E-state index in [0.29, 0.717) is 40.1 Å². The SMILES string of the molecule is N#C/C(=C\Nc1cc(Cl)cc(Cl)c1)c1ccc(OCCCF)cc1. The molecule has 24 heavy (non-hydrogen) atoms. The lowest BCUT2D eigenvalue weighted by Gasteiger charge is -2.07. The van der Waals surface area contributed by atoms with Gasteiger partial charge in [-0.15, -0.1) is 0 Å². The number of anilines is 1. The van der Waals surface area contributed by atoms with E-state index < -0.39 is 6.67 Å². The molecule has 2 aromatic carbocycles. The number of nitrogens with zero attached hydrogens (tertiary/aromatic N) is 1. The normalized spacial score (nSPS) is 11.0. The smallest absolute Gasteiger partial charge is 0.119 e. The van der Waals surface area contributed by atoms with E-state index in [1.807, 2.05) is 0 Å². The van der Waals surface area contributed by atoms with Gasteiger partial charge in [0.25, 0.3) is 0 Å². The lowest BCUT2D eigenvalue weighted by Crippen LogP contribution is -1.98. The summed E-state index contributed by atoms with van der Waals surface area (Å²) >= 11 is 11.9. The summed E-state index contributed by atoms with van der Waals surface area (Å²) < 4.78 is 17.4. The Morgan fingerprint density at radius 2 is 1.83 bits per heavy atom. The average molecular weight is 365 g/mol. The van der Waals surface area contributed by atoms with Crippen LogP contribution in [-0.2, 0) is 0 Å². The topological polar surface area (TPSA) is 45.0 Å². The fraction of sp³-hybridized carbons (Fsp3) is 0.167. The molecule has 0 aliphatic heterocycles. The van der Waals surface area contributed by atoms with Gasteiger partial charge < -0.3 is 10.1 Å². The molecular formula is C18H15Cl2FN2O. The van der Waals surface area contributed by atoms with Crippen LogP contribution in [0.2, 0.25) is 10.0 Å². The van der Waals surface area contributed by atoms with Crippen molar-refractivity contribution in [2.75, 3.05) is 18.6 Å². The standard InChI is InChI=1S/C18H15Cl2FN2O/c19-15-8-16(20)10-17(9-15)23-12-14(11-22)13-2-4-18(5-3-13)24-7-1-6-21/h2-5,8-10,12,23H,1,6-7H2/b14-12+. The van der Waals surface area contributed by atoms with Crippen LogP contribution in [-0.4, -0.2) is 13.3 Å². The van der Waals surface area contributed by atoms with Gasteiger partial charge in [0.05, 0.1) is 18.9 Å². The van der Waals surface area contributed by atoms with Gasteiger partial charge in [-0.25, -0.2) is 0 Å². The van der Waals surface area contributed by atoms with Crippen LogP contribution in [0.4, 0.5) is 10.1 Å². The van der Waals surface area contributed by atoms with Crippen molar-refractivity contribution in [1.29, 1.82) is 5.26 Å². The Morgan fingerprint density at radius 1 is 1.17 bits per heavy atom. The summed E-state index contributed by atoms with van der Waals surface area (Å²) in [6.07, 6.45) is 1.94. The van der Waals surface area contributed by atoms with Crippen LogP contribution in [0, 0.1) is 11.3 Å². The zero-order valence-corrected chi connectivity index (χ0v) is 14.2. The van der Waals surface area contributed by atoms with Crippen molar-refractivity contribution >= 4 is 34.5 Å². The lowest BCUT2D eigenvalue weighted by atomic mass is 10.1. The number of alkyl halides is 1. The molecule has 6 heteroatoms. The van der Waals surface area contributed by atoms with Crippen molar-refractivity contribution in [3.05, 3.63) is 64.3 Å². The molecule has 0 saturated heterocycles. The van der Waals surface area contributed by atoms with Gasteiger partial charge in [0.2, 0.25) is 0 Å². The van der Waals surface area contributed by atoms with E-state index in [4.69, 9.17) is 27.9 Å². The Morgan fingerprint density at radius 3 is 2.42 bits per heavy atom. The molecule has 0 atom stereocenters. The third kappa shape index (κ3) is 5.45. The van der Waals surface area contributed by atoms with Gasteiger partial charge in [0, 0.05) is 28.4 Å². The Bertz CT molecular complexity index is 734. The van der Waals surface area contributed by atoms with Crippen molar-refractivity contribution in [2.24, 2.45) is 0 Å². The second kappa shape index (κ2) is 9.17. The van der Waals surface area contributed by atoms with Gasteiger partial charge in [0.15, 0.2) is 0 Å². The van der Waals surface area contributed by atoms with E-state index in [9.17, 15) is 9.65 Å². The fourth-order valence-electron chi connectivity index (χ4n) is 1.95. The molecule has 124 valence electrons. The average Bonchev–Trinajstić information content (AvgIpc) is 2.56. The number of rotatable bonds is 7. The van der Waals surface area contributed by atoms with Crippen LogP contribution >= 0.6 is 23.2 Å². The van der Waals surface area contributed by atoms with Crippen molar-refractivity contribution in [2.45, 2.75) is 6.42 Å². The molecule has 2 aromatic rings. The minimum absolute atomic E-state index is 0.327. The largest absolute Gasteiger partial charge is 0.493 e. The maximum absolute atomic E-state index is 12.0. The minimum Gasteiger partial charge on any atom is -0.493 e. The second-order valence-electron chi connectivity index (χ2n) is 4.89. The highest BCUT2D eigenvalue weighted by Crippen LogP contribution is 2.24. The van der Waals surface area contributed by atoms with Crippen molar-refractivity contribution in [1.82, 2.24) is 0 Å². The molecule has 0 saturated carbocycles. The molecule has 1 N–H and O–H groups in total. The predicted molar refractivity (Wildman–Crippen MR) is 96.2 cm³/mol. The molecule has 2 rings (SSSR count). The molecule has 0 aromatic heterocycles. The van der Waals surface area contributed by atoms with Crippen LogP contribution in [0.1, 0.15) is 12.0 Å². The summed E-state index contributed by atoms with van der Waals surface area (Å²) in [6, 6.07) is 14.2. The highest BCUT2D eigenvalue weighted by Gasteiger charge is 2.03. The first-order chi connectivity index (χ1) is 11.6. The van der Waals surface area contributed by atoms with Gasteiger partial charge in [-0.05, 0) is 48.0 Å². The van der Waals surface area contributed by atoms with E-state index in [0.717, 1.165) is 5.56 Å². The van der Waals surface area contributed by atoms with Crippen LogP contribution in [0.15, 0.2) is 48.7 Å². The molecule has 0 aliphatic rings. The lowest BCUT2D eigenvalue weighted by molar-refractivity contribution is 0.289. The van der Waals surface area contributed by atoms with Crippen molar-refractivity contribution in [3.8, 4) is 11.8 Å². The van der Waals surface area contributed by atoms with Gasteiger partial charge in [-0.3, -0.25) is 4.39 Å². The molecule has 0 bridgehead atoms. The molecule has 0 fully saturated rings. The van der Waals surface area contributed by atoms with Gasteiger partial charge in [0.1, 0.15) is 11.8 Å². The number of benzene rings is 2. The van der Waals surface area contributed by atoms with Gasteiger partial charge in [-0.1, -0.05) is 23.2 Å². The highest BCUT2D eigenvalue weighted by molar-refractivity contribution is 6.35. The quantitative estimate of drug-likeness (QED) is 0.505. The number of ether oxygens (including phenoxy) is 1. The molecule has 0 radical (unpaired) electrons. The van der Waals surface area contributed by atoms with E-state index in [1.54, 1.807) is 48.7 Å². The van der Waals surface area contributed by atoms with Crippen LogP contribution in [0.3, 0.4) is 0 Å². The summed E-state index contributed by atoms with van der Waals surface area (Å²) in [5.74, 6) is 0.638. The summed E-state index contributed by atoms with van der Waals surface area (Å²) in [5, 5.41) is 13.3. The molecular weight excluding hydrogens is 350 g/mol. The monoisotopic (exact) mass is 364 g/mol. The van der Waals surface area contributed by atoms with E-state index in [2.05, 4.69) is 11.4 Å². The van der Waals surface area contributed by atoms with Crippen molar-refractivity contribution in [3.63, 3.8) is 0 Å². The summed E-state index contributed by atoms with van der Waals surface area (Å²) in [5.41, 5.74) is 1.86. The number of hydrogen-bond acceptors (Lipinski definition) is 3. The number of nitriles is 1. The fourth-order valence-corrected chi connectivity index (χ4v) is 2.47. The van der Waals surface area contributed by atoms with Gasteiger partial charge >= 0.3 is 0 Å². The maximum Gasteiger partial charge on any atom is 0.119 e. The van der Waals surface area contributed by atoms with Crippen LogP contribution in [0.25, 0.3) is 5.57 Å². The van der Waals surface area contributed by atoms with Crippen molar-refractivity contribution < 1.29 is 9.13 Å². The Hall–Kier alpha value is -2.22. The second-order valence-corrected chi connectivity index (χ2v) is 5.76. The molecule has 3 nitrogen and oxygen atoms in total. The maximum atomic E-state index is 12.0. The zero-order valence-electron chi connectivity index (χ0n) is 12.7. The molecule has 0 unspecified atom stereocenters. The summed E-state index contributed by atoms with van der Waals surface area (Å²) in [4.78, 5) is 0. The molecule has 0 aliphatic carbocycles. The number of nitrogens with one attached hydrogen (secondary N) is 1. The molecule has 0 heterocycles. The predicted octanol–water partition coefficient (Wildman–Crippen LogP) is 5.71. The highest BCUT2D eigenvalue weighted by atomic mass is 35.5. The van der Waals surface area contributed by atoms with E-state index >= 15 is 0 Å². The Kier molecular flexibility index (Phi) is 6.92. The first-order valence-electron chi connectivity index (χ1n) is 7.24. The van der Waals surface area contributed by atoms with Crippen LogP contribution in [0.5, 0.6) is 5.75 Å². The van der Waals surface area contributed by atoms with Gasteiger partial charge in [-0.2, -0.15) is 5.26 Å². The van der Waals surface area contributed by atoms with E-state index in [1.165, 1.54) is 0 Å². The first-order valence-corrected chi connectivity index (χ1v) is 8.00. The molecule has 0 spiro atoms. The Labute approximate surface area is 150 Å². The zero-order chi connectivity index (χ0) is 17.4. The van der Waals surface area contributed by atoms with E-state index in [-0.39, 0.29) is 0 Å².